The zero-order valence-corrected chi connectivity index (χ0v) is 17.1. The fourth-order valence-electron chi connectivity index (χ4n) is 4.15. The predicted molar refractivity (Wildman–Crippen MR) is 104 cm³/mol. The Hall–Kier alpha value is -1.44. The molecule has 1 aromatic carbocycles. The van der Waals surface area contributed by atoms with E-state index in [1.165, 1.54) is 4.90 Å². The first kappa shape index (κ1) is 18.4. The smallest absolute Gasteiger partial charge is 0.244 e. The van der Waals surface area contributed by atoms with Crippen LogP contribution in [0.2, 0.25) is 0 Å². The van der Waals surface area contributed by atoms with Crippen LogP contribution in [0.1, 0.15) is 39.2 Å². The number of nitrogens with zero attached hydrogens (tertiary/aromatic N) is 1. The lowest BCUT2D eigenvalue weighted by atomic mass is 9.62. The van der Waals surface area contributed by atoms with Crippen molar-refractivity contribution in [2.24, 2.45) is 16.7 Å². The highest BCUT2D eigenvalue weighted by Gasteiger charge is 2.64. The number of imide groups is 1. The number of likely N-dealkylation sites (tertiary alicyclic amines) is 1. The van der Waals surface area contributed by atoms with Crippen molar-refractivity contribution in [2.45, 2.75) is 40.5 Å². The molecule has 25 heavy (non-hydrogen) atoms. The second kappa shape index (κ2) is 6.07. The number of amides is 3. The molecule has 1 saturated carbocycles. The van der Waals surface area contributed by atoms with Crippen molar-refractivity contribution < 1.29 is 14.4 Å². The molecule has 2 bridgehead atoms. The topological polar surface area (TPSA) is 66.5 Å². The second-order valence-electron chi connectivity index (χ2n) is 7.88. The number of rotatable bonds is 3. The lowest BCUT2D eigenvalue weighted by molar-refractivity contribution is -0.168. The van der Waals surface area contributed by atoms with Gasteiger partial charge in [-0.15, -0.1) is 0 Å². The van der Waals surface area contributed by atoms with E-state index in [-0.39, 0.29) is 35.6 Å². The second-order valence-corrected chi connectivity index (χ2v) is 9.13. The Morgan fingerprint density at radius 3 is 2.64 bits per heavy atom. The Labute approximate surface area is 161 Å². The van der Waals surface area contributed by atoms with Crippen LogP contribution in [0.25, 0.3) is 0 Å². The molecule has 2 unspecified atom stereocenters. The van der Waals surface area contributed by atoms with Gasteiger partial charge in [0.2, 0.25) is 17.7 Å². The molecular weight excluding hydrogens is 431 g/mol. The van der Waals surface area contributed by atoms with Gasteiger partial charge in [-0.3, -0.25) is 19.3 Å². The number of anilines is 1. The monoisotopic (exact) mass is 454 g/mol. The number of halogens is 1. The summed E-state index contributed by atoms with van der Waals surface area (Å²) < 4.78 is 1.08. The van der Waals surface area contributed by atoms with E-state index >= 15 is 0 Å². The van der Waals surface area contributed by atoms with Gasteiger partial charge in [-0.05, 0) is 71.5 Å². The summed E-state index contributed by atoms with van der Waals surface area (Å²) in [6, 6.07) is 5.71. The molecule has 3 rings (SSSR count). The van der Waals surface area contributed by atoms with Gasteiger partial charge < -0.3 is 5.32 Å². The summed E-state index contributed by atoms with van der Waals surface area (Å²) in [5, 5.41) is 2.82. The Balaban J connectivity index is 1.78. The lowest BCUT2D eigenvalue weighted by Gasteiger charge is -2.47. The van der Waals surface area contributed by atoms with E-state index in [9.17, 15) is 14.4 Å². The number of carbonyl (C=O) groups is 3. The number of aryl methyl sites for hydroxylation is 1. The molecular formula is C19H23IN2O3. The largest absolute Gasteiger partial charge is 0.324 e. The first-order chi connectivity index (χ1) is 11.6. The van der Waals surface area contributed by atoms with E-state index in [0.29, 0.717) is 18.5 Å². The average molecular weight is 454 g/mol. The molecule has 0 aromatic heterocycles. The van der Waals surface area contributed by atoms with E-state index in [2.05, 4.69) is 27.9 Å². The Bertz CT molecular complexity index is 774. The van der Waals surface area contributed by atoms with Gasteiger partial charge in [0.25, 0.3) is 0 Å². The van der Waals surface area contributed by atoms with Crippen molar-refractivity contribution >= 4 is 46.0 Å². The van der Waals surface area contributed by atoms with Crippen molar-refractivity contribution in [2.75, 3.05) is 11.9 Å². The van der Waals surface area contributed by atoms with Gasteiger partial charge in [-0.1, -0.05) is 20.8 Å². The summed E-state index contributed by atoms with van der Waals surface area (Å²) in [5.41, 5.74) is 0.715. The molecule has 1 aliphatic carbocycles. The number of nitrogens with one attached hydrogen (secondary N) is 1. The van der Waals surface area contributed by atoms with Crippen LogP contribution in [-0.4, -0.2) is 29.2 Å². The van der Waals surface area contributed by atoms with Crippen LogP contribution in [0.5, 0.6) is 0 Å². The number of hydrogen-bond acceptors (Lipinski definition) is 3. The van der Waals surface area contributed by atoms with Crippen LogP contribution >= 0.6 is 22.6 Å². The molecule has 1 aromatic rings. The molecule has 0 spiro atoms. The minimum atomic E-state index is -0.579. The Morgan fingerprint density at radius 1 is 1.32 bits per heavy atom. The van der Waals surface area contributed by atoms with Crippen LogP contribution in [0.4, 0.5) is 5.69 Å². The number of fused-ring (bicyclic) bond motifs is 2. The molecule has 0 radical (unpaired) electrons. The van der Waals surface area contributed by atoms with Gasteiger partial charge in [0.1, 0.15) is 6.54 Å². The van der Waals surface area contributed by atoms with Gasteiger partial charge in [0.05, 0.1) is 5.41 Å². The fraction of sp³-hybridized carbons (Fsp3) is 0.526. The van der Waals surface area contributed by atoms with Gasteiger partial charge in [0.15, 0.2) is 0 Å². The minimum Gasteiger partial charge on any atom is -0.324 e. The van der Waals surface area contributed by atoms with E-state index in [1.54, 1.807) is 0 Å². The minimum absolute atomic E-state index is 0.192. The summed E-state index contributed by atoms with van der Waals surface area (Å²) in [6.07, 6.45) is 1.41. The van der Waals surface area contributed by atoms with Crippen molar-refractivity contribution in [3.05, 3.63) is 27.3 Å². The lowest BCUT2D eigenvalue weighted by Crippen LogP contribution is -2.60. The molecule has 1 heterocycles. The van der Waals surface area contributed by atoms with Crippen LogP contribution in [-0.2, 0) is 14.4 Å². The van der Waals surface area contributed by atoms with Crippen LogP contribution in [0.3, 0.4) is 0 Å². The molecule has 1 saturated heterocycles. The molecule has 2 fully saturated rings. The summed E-state index contributed by atoms with van der Waals surface area (Å²) in [4.78, 5) is 39.3. The standard InChI is InChI=1S/C19H23IN2O3/c1-11-9-12(20)5-6-14(11)21-15(23)10-22-16(24)13-7-8-19(4,17(22)25)18(13,2)3/h5-6,9,13H,7-8,10H2,1-4H3,(H,21,23). The van der Waals surface area contributed by atoms with E-state index < -0.39 is 5.41 Å². The molecule has 3 amide bonds. The highest BCUT2D eigenvalue weighted by Crippen LogP contribution is 2.59. The molecule has 2 aliphatic rings. The highest BCUT2D eigenvalue weighted by molar-refractivity contribution is 14.1. The normalized spacial score (nSPS) is 27.6. The quantitative estimate of drug-likeness (QED) is 0.563. The van der Waals surface area contributed by atoms with Crippen molar-refractivity contribution in [3.63, 3.8) is 0 Å². The molecule has 5 nitrogen and oxygen atoms in total. The van der Waals surface area contributed by atoms with E-state index in [4.69, 9.17) is 0 Å². The Morgan fingerprint density at radius 2 is 2.00 bits per heavy atom. The third-order valence-electron chi connectivity index (χ3n) is 6.27. The maximum absolute atomic E-state index is 13.0. The Kier molecular flexibility index (Phi) is 4.46. The van der Waals surface area contributed by atoms with Crippen molar-refractivity contribution in [1.82, 2.24) is 4.90 Å². The van der Waals surface area contributed by atoms with E-state index in [0.717, 1.165) is 9.13 Å². The first-order valence-corrected chi connectivity index (χ1v) is 9.57. The zero-order valence-electron chi connectivity index (χ0n) is 15.0. The van der Waals surface area contributed by atoms with Crippen molar-refractivity contribution in [3.8, 4) is 0 Å². The van der Waals surface area contributed by atoms with Gasteiger partial charge in [-0.2, -0.15) is 0 Å². The summed E-state index contributed by atoms with van der Waals surface area (Å²) in [6.45, 7) is 7.61. The summed E-state index contributed by atoms with van der Waals surface area (Å²) in [7, 11) is 0. The average Bonchev–Trinajstić information content (AvgIpc) is 2.71. The van der Waals surface area contributed by atoms with Gasteiger partial charge >= 0.3 is 0 Å². The summed E-state index contributed by atoms with van der Waals surface area (Å²) >= 11 is 2.21. The third-order valence-corrected chi connectivity index (χ3v) is 6.94. The first-order valence-electron chi connectivity index (χ1n) is 8.50. The number of benzene rings is 1. The van der Waals surface area contributed by atoms with Crippen LogP contribution in [0, 0.1) is 27.2 Å². The van der Waals surface area contributed by atoms with Crippen LogP contribution in [0.15, 0.2) is 18.2 Å². The maximum atomic E-state index is 13.0. The number of hydrogen-bond donors (Lipinski definition) is 1. The predicted octanol–water partition coefficient (Wildman–Crippen LogP) is 3.35. The molecule has 134 valence electrons. The molecule has 6 heteroatoms. The SMILES string of the molecule is Cc1cc(I)ccc1NC(=O)CN1C(=O)C2CCC(C)(C1=O)C2(C)C. The van der Waals surface area contributed by atoms with Crippen LogP contribution < -0.4 is 5.32 Å². The molecule has 1 N–H and O–H groups in total. The highest BCUT2D eigenvalue weighted by atomic mass is 127. The molecule has 1 aliphatic heterocycles. The van der Waals surface area contributed by atoms with Gasteiger partial charge in [-0.25, -0.2) is 0 Å². The maximum Gasteiger partial charge on any atom is 0.244 e. The van der Waals surface area contributed by atoms with E-state index in [1.807, 2.05) is 45.9 Å². The van der Waals surface area contributed by atoms with Crippen molar-refractivity contribution in [1.29, 1.82) is 0 Å². The zero-order chi connectivity index (χ0) is 18.6. The number of carbonyl (C=O) groups excluding carboxylic acids is 3. The number of piperidine rings is 1. The fourth-order valence-corrected chi connectivity index (χ4v) is 4.80. The third kappa shape index (κ3) is 2.78. The molecule has 2 atom stereocenters. The van der Waals surface area contributed by atoms with Gasteiger partial charge in [0, 0.05) is 15.2 Å². The summed E-state index contributed by atoms with van der Waals surface area (Å²) in [5.74, 6) is -0.957.